The smallest absolute Gasteiger partial charge is 0.162 e. The van der Waals surface area contributed by atoms with Gasteiger partial charge in [-0.25, -0.2) is 8.78 Å². The lowest BCUT2D eigenvalue weighted by molar-refractivity contribution is 0.432. The first-order valence-corrected chi connectivity index (χ1v) is 7.32. The van der Waals surface area contributed by atoms with E-state index in [1.54, 1.807) is 12.1 Å². The highest BCUT2D eigenvalue weighted by Crippen LogP contribution is 2.26. The fourth-order valence-electron chi connectivity index (χ4n) is 2.84. The molecule has 0 amide bonds. The highest BCUT2D eigenvalue weighted by Gasteiger charge is 2.22. The Morgan fingerprint density at radius 3 is 2.33 bits per heavy atom. The lowest BCUT2D eigenvalue weighted by atomic mass is 9.85. The molecule has 0 radical (unpaired) electrons. The normalized spacial score (nSPS) is 13.9. The first kappa shape index (κ1) is 15.6. The van der Waals surface area contributed by atoms with Crippen molar-refractivity contribution in [3.8, 4) is 0 Å². The Bertz CT molecular complexity index is 569. The molecule has 0 fully saturated rings. The van der Waals surface area contributed by atoms with Crippen LogP contribution in [0.2, 0.25) is 0 Å². The first-order valence-electron chi connectivity index (χ1n) is 7.32. The van der Waals surface area contributed by atoms with E-state index in [1.807, 2.05) is 25.2 Å². The van der Waals surface area contributed by atoms with Gasteiger partial charge in [-0.3, -0.25) is 0 Å². The van der Waals surface area contributed by atoms with Crippen LogP contribution < -0.4 is 5.32 Å². The quantitative estimate of drug-likeness (QED) is 0.836. The van der Waals surface area contributed by atoms with Crippen LogP contribution in [0, 0.1) is 11.6 Å². The highest BCUT2D eigenvalue weighted by atomic mass is 19.2. The third-order valence-corrected chi connectivity index (χ3v) is 4.00. The van der Waals surface area contributed by atoms with E-state index >= 15 is 0 Å². The van der Waals surface area contributed by atoms with Gasteiger partial charge in [0.2, 0.25) is 0 Å². The zero-order valence-electron chi connectivity index (χ0n) is 12.4. The van der Waals surface area contributed by atoms with Crippen molar-refractivity contribution in [2.75, 3.05) is 7.05 Å². The van der Waals surface area contributed by atoms with Crippen LogP contribution >= 0.6 is 0 Å². The number of nitrogens with one attached hydrogen (secondary N) is 1. The van der Waals surface area contributed by atoms with Crippen LogP contribution in [0.15, 0.2) is 48.5 Å². The van der Waals surface area contributed by atoms with E-state index in [0.29, 0.717) is 12.0 Å². The predicted molar refractivity (Wildman–Crippen MR) is 82.4 cm³/mol. The third kappa shape index (κ3) is 3.67. The molecule has 2 atom stereocenters. The van der Waals surface area contributed by atoms with Gasteiger partial charge in [0, 0.05) is 6.04 Å². The molecule has 21 heavy (non-hydrogen) atoms. The van der Waals surface area contributed by atoms with E-state index < -0.39 is 11.6 Å². The summed E-state index contributed by atoms with van der Waals surface area (Å²) in [5.74, 6) is -1.25. The lowest BCUT2D eigenvalue weighted by Gasteiger charge is -2.27. The van der Waals surface area contributed by atoms with E-state index in [0.717, 1.165) is 12.5 Å². The van der Waals surface area contributed by atoms with E-state index in [9.17, 15) is 8.78 Å². The number of halogens is 2. The molecule has 0 saturated carbocycles. The summed E-state index contributed by atoms with van der Waals surface area (Å²) < 4.78 is 27.2. The van der Waals surface area contributed by atoms with Crippen molar-refractivity contribution in [2.24, 2.45) is 0 Å². The standard InChI is InChI=1S/C18H21F2N/c1-3-15(13-8-5-4-6-9-13)17(21-2)12-14-10-7-11-16(19)18(14)20/h4-11,15,17,21H,3,12H2,1-2H3. The summed E-state index contributed by atoms with van der Waals surface area (Å²) in [6.45, 7) is 2.12. The van der Waals surface area contributed by atoms with Crippen LogP contribution in [0.3, 0.4) is 0 Å². The monoisotopic (exact) mass is 289 g/mol. The van der Waals surface area contributed by atoms with Crippen molar-refractivity contribution >= 4 is 0 Å². The molecule has 112 valence electrons. The Morgan fingerprint density at radius 1 is 1.00 bits per heavy atom. The molecule has 2 unspecified atom stereocenters. The number of rotatable bonds is 6. The summed E-state index contributed by atoms with van der Waals surface area (Å²) in [4.78, 5) is 0. The molecule has 1 N–H and O–H groups in total. The van der Waals surface area contributed by atoms with Gasteiger partial charge in [0.05, 0.1) is 0 Å². The Morgan fingerprint density at radius 2 is 1.71 bits per heavy atom. The maximum absolute atomic E-state index is 13.9. The average Bonchev–Trinajstić information content (AvgIpc) is 2.52. The largest absolute Gasteiger partial charge is 0.316 e. The molecule has 0 heterocycles. The Balaban J connectivity index is 2.24. The Labute approximate surface area is 125 Å². The molecule has 0 saturated heterocycles. The second kappa shape index (κ2) is 7.32. The first-order chi connectivity index (χ1) is 10.2. The predicted octanol–water partition coefficient (Wildman–Crippen LogP) is 4.29. The number of benzene rings is 2. The van der Waals surface area contributed by atoms with Gasteiger partial charge in [-0.2, -0.15) is 0 Å². The maximum Gasteiger partial charge on any atom is 0.162 e. The minimum absolute atomic E-state index is 0.0636. The zero-order valence-corrected chi connectivity index (χ0v) is 12.4. The van der Waals surface area contributed by atoms with Gasteiger partial charge in [0.1, 0.15) is 0 Å². The van der Waals surface area contributed by atoms with Crippen molar-refractivity contribution in [3.63, 3.8) is 0 Å². The summed E-state index contributed by atoms with van der Waals surface area (Å²) in [7, 11) is 1.87. The minimum atomic E-state index is -0.782. The van der Waals surface area contributed by atoms with Crippen molar-refractivity contribution in [2.45, 2.75) is 31.7 Å². The molecule has 0 aliphatic heterocycles. The molecule has 2 aromatic rings. The van der Waals surface area contributed by atoms with Gasteiger partial charge in [-0.1, -0.05) is 49.4 Å². The van der Waals surface area contributed by atoms with Gasteiger partial charge >= 0.3 is 0 Å². The SMILES string of the molecule is CCC(c1ccccc1)C(Cc1cccc(F)c1F)NC. The van der Waals surface area contributed by atoms with E-state index in [4.69, 9.17) is 0 Å². The maximum atomic E-state index is 13.9. The van der Waals surface area contributed by atoms with Gasteiger partial charge in [0.15, 0.2) is 11.6 Å². The number of hydrogen-bond donors (Lipinski definition) is 1. The summed E-state index contributed by atoms with van der Waals surface area (Å²) >= 11 is 0. The van der Waals surface area contributed by atoms with Crippen molar-refractivity contribution in [1.82, 2.24) is 5.32 Å². The molecule has 2 rings (SSSR count). The lowest BCUT2D eigenvalue weighted by Crippen LogP contribution is -2.34. The second-order valence-corrected chi connectivity index (χ2v) is 5.24. The Kier molecular flexibility index (Phi) is 5.45. The fraction of sp³-hybridized carbons (Fsp3) is 0.333. The summed E-state index contributed by atoms with van der Waals surface area (Å²) in [5.41, 5.74) is 1.64. The average molecular weight is 289 g/mol. The summed E-state index contributed by atoms with van der Waals surface area (Å²) in [5, 5.41) is 3.26. The molecule has 0 aromatic heterocycles. The van der Waals surface area contributed by atoms with Gasteiger partial charge < -0.3 is 5.32 Å². The summed E-state index contributed by atoms with van der Waals surface area (Å²) in [6.07, 6.45) is 1.40. The van der Waals surface area contributed by atoms with Gasteiger partial charge in [0.25, 0.3) is 0 Å². The molecule has 0 aliphatic rings. The van der Waals surface area contributed by atoms with E-state index in [2.05, 4.69) is 24.4 Å². The molecule has 0 bridgehead atoms. The van der Waals surface area contributed by atoms with Gasteiger partial charge in [-0.15, -0.1) is 0 Å². The van der Waals surface area contributed by atoms with Crippen LogP contribution in [-0.4, -0.2) is 13.1 Å². The second-order valence-electron chi connectivity index (χ2n) is 5.24. The highest BCUT2D eigenvalue weighted by molar-refractivity contribution is 5.25. The minimum Gasteiger partial charge on any atom is -0.316 e. The van der Waals surface area contributed by atoms with Crippen LogP contribution in [0.25, 0.3) is 0 Å². The third-order valence-electron chi connectivity index (χ3n) is 4.00. The number of hydrogen-bond acceptors (Lipinski definition) is 1. The van der Waals surface area contributed by atoms with Crippen LogP contribution in [0.5, 0.6) is 0 Å². The zero-order chi connectivity index (χ0) is 15.2. The van der Waals surface area contributed by atoms with Crippen LogP contribution in [-0.2, 0) is 6.42 Å². The Hall–Kier alpha value is -1.74. The van der Waals surface area contributed by atoms with E-state index in [-0.39, 0.29) is 12.0 Å². The summed E-state index contributed by atoms with van der Waals surface area (Å²) in [6, 6.07) is 14.6. The van der Waals surface area contributed by atoms with Gasteiger partial charge in [-0.05, 0) is 43.0 Å². The molecule has 3 heteroatoms. The van der Waals surface area contributed by atoms with Crippen molar-refractivity contribution < 1.29 is 8.78 Å². The molecule has 1 nitrogen and oxygen atoms in total. The fourth-order valence-corrected chi connectivity index (χ4v) is 2.84. The van der Waals surface area contributed by atoms with Crippen LogP contribution in [0.1, 0.15) is 30.4 Å². The molecule has 2 aromatic carbocycles. The molecular weight excluding hydrogens is 268 g/mol. The molecule has 0 spiro atoms. The van der Waals surface area contributed by atoms with E-state index in [1.165, 1.54) is 5.56 Å². The van der Waals surface area contributed by atoms with Crippen molar-refractivity contribution in [1.29, 1.82) is 0 Å². The topological polar surface area (TPSA) is 12.0 Å². The van der Waals surface area contributed by atoms with Crippen LogP contribution in [0.4, 0.5) is 8.78 Å². The molecular formula is C18H21F2N. The molecule has 0 aliphatic carbocycles. The van der Waals surface area contributed by atoms with Crippen molar-refractivity contribution in [3.05, 3.63) is 71.3 Å². The number of likely N-dealkylation sites (N-methyl/N-ethyl adjacent to an activating group) is 1.